The minimum atomic E-state index is -1.48. The molecule has 1 rings (SSSR count). The molecule has 1 aromatic rings. The van der Waals surface area contributed by atoms with Gasteiger partial charge in [-0.05, 0) is 18.6 Å². The van der Waals surface area contributed by atoms with Crippen LogP contribution in [0.4, 0.5) is 4.39 Å². The second-order valence-corrected chi connectivity index (χ2v) is 3.97. The Morgan fingerprint density at radius 1 is 1.42 bits per heavy atom. The van der Waals surface area contributed by atoms with E-state index in [4.69, 9.17) is 10.8 Å². The number of amides is 2. The number of nitrogens with one attached hydrogen (secondary N) is 1. The van der Waals surface area contributed by atoms with Crippen molar-refractivity contribution in [2.75, 3.05) is 0 Å². The molecule has 1 atom stereocenters. The first kappa shape index (κ1) is 14.6. The molecule has 0 spiro atoms. The van der Waals surface area contributed by atoms with E-state index in [1.54, 1.807) is 0 Å². The van der Waals surface area contributed by atoms with Crippen molar-refractivity contribution in [1.29, 1.82) is 0 Å². The number of rotatable bonds is 5. The molecule has 7 heteroatoms. The van der Waals surface area contributed by atoms with Crippen LogP contribution < -0.4 is 11.1 Å². The molecule has 0 radical (unpaired) electrons. The average molecular weight is 268 g/mol. The molecule has 6 nitrogen and oxygen atoms in total. The number of halogens is 1. The molecule has 0 bridgehead atoms. The van der Waals surface area contributed by atoms with Crippen molar-refractivity contribution >= 4 is 17.8 Å². The lowest BCUT2D eigenvalue weighted by Crippen LogP contribution is -2.43. The van der Waals surface area contributed by atoms with Crippen molar-refractivity contribution in [2.24, 2.45) is 5.73 Å². The minimum absolute atomic E-state index is 0.259. The fourth-order valence-corrected chi connectivity index (χ4v) is 1.46. The van der Waals surface area contributed by atoms with Crippen LogP contribution in [0.1, 0.15) is 22.3 Å². The van der Waals surface area contributed by atoms with Gasteiger partial charge < -0.3 is 16.2 Å². The molecular formula is C12H13FN2O4. The summed E-state index contributed by atoms with van der Waals surface area (Å²) in [6, 6.07) is 2.69. The number of primary amides is 1. The first-order valence-electron chi connectivity index (χ1n) is 5.40. The maximum absolute atomic E-state index is 13.7. The Morgan fingerprint density at radius 3 is 2.58 bits per heavy atom. The van der Waals surface area contributed by atoms with E-state index in [0.29, 0.717) is 0 Å². The van der Waals surface area contributed by atoms with Crippen molar-refractivity contribution in [3.8, 4) is 0 Å². The van der Waals surface area contributed by atoms with Gasteiger partial charge in [-0.15, -0.1) is 0 Å². The number of carbonyl (C=O) groups is 3. The molecule has 1 unspecified atom stereocenters. The summed E-state index contributed by atoms with van der Waals surface area (Å²) in [5.74, 6) is -3.93. The van der Waals surface area contributed by atoms with E-state index in [9.17, 15) is 18.8 Å². The summed E-state index contributed by atoms with van der Waals surface area (Å²) in [7, 11) is 0. The summed E-state index contributed by atoms with van der Waals surface area (Å²) >= 11 is 0. The third-order valence-electron chi connectivity index (χ3n) is 2.45. The van der Waals surface area contributed by atoms with Crippen LogP contribution in [0.15, 0.2) is 18.2 Å². The van der Waals surface area contributed by atoms with Gasteiger partial charge in [0.15, 0.2) is 0 Å². The number of hydrogen-bond acceptors (Lipinski definition) is 3. The Hall–Kier alpha value is -2.44. The van der Waals surface area contributed by atoms with Gasteiger partial charge in [-0.1, -0.05) is 12.1 Å². The second-order valence-electron chi connectivity index (χ2n) is 3.97. The highest BCUT2D eigenvalue weighted by Gasteiger charge is 2.24. The molecule has 2 amide bonds. The standard InChI is InChI=1S/C12H13FN2O4/c1-6-3-2-4-7(10(6)13)11(17)15-8(12(18)19)5-9(14)16/h2-4,8H,5H2,1H3,(H2,14,16)(H,15,17)(H,18,19). The Labute approximate surface area is 108 Å². The monoisotopic (exact) mass is 268 g/mol. The number of benzene rings is 1. The SMILES string of the molecule is Cc1cccc(C(=O)NC(CC(N)=O)C(=O)O)c1F. The van der Waals surface area contributed by atoms with E-state index in [-0.39, 0.29) is 11.1 Å². The van der Waals surface area contributed by atoms with Crippen molar-refractivity contribution < 1.29 is 23.9 Å². The number of nitrogens with two attached hydrogens (primary N) is 1. The Morgan fingerprint density at radius 2 is 2.05 bits per heavy atom. The zero-order chi connectivity index (χ0) is 14.6. The molecule has 0 fully saturated rings. The normalized spacial score (nSPS) is 11.7. The van der Waals surface area contributed by atoms with Gasteiger partial charge in [0.25, 0.3) is 5.91 Å². The Kier molecular flexibility index (Phi) is 4.57. The first-order valence-corrected chi connectivity index (χ1v) is 5.40. The van der Waals surface area contributed by atoms with E-state index in [0.717, 1.165) is 0 Å². The van der Waals surface area contributed by atoms with Crippen LogP contribution in [-0.2, 0) is 9.59 Å². The van der Waals surface area contributed by atoms with Gasteiger partial charge in [-0.3, -0.25) is 9.59 Å². The lowest BCUT2D eigenvalue weighted by molar-refractivity contribution is -0.140. The topological polar surface area (TPSA) is 109 Å². The molecule has 102 valence electrons. The van der Waals surface area contributed by atoms with E-state index in [1.165, 1.54) is 25.1 Å². The zero-order valence-corrected chi connectivity index (χ0v) is 10.1. The molecule has 0 aliphatic carbocycles. The fourth-order valence-electron chi connectivity index (χ4n) is 1.46. The molecular weight excluding hydrogens is 255 g/mol. The highest BCUT2D eigenvalue weighted by molar-refractivity contribution is 5.97. The summed E-state index contributed by atoms with van der Waals surface area (Å²) < 4.78 is 13.7. The summed E-state index contributed by atoms with van der Waals surface area (Å²) in [5, 5.41) is 10.9. The van der Waals surface area contributed by atoms with Crippen LogP contribution in [0.2, 0.25) is 0 Å². The van der Waals surface area contributed by atoms with Crippen molar-refractivity contribution in [1.82, 2.24) is 5.32 Å². The van der Waals surface area contributed by atoms with Gasteiger partial charge in [-0.25, -0.2) is 9.18 Å². The van der Waals surface area contributed by atoms with Crippen LogP contribution in [0.25, 0.3) is 0 Å². The van der Waals surface area contributed by atoms with Gasteiger partial charge in [0.1, 0.15) is 11.9 Å². The highest BCUT2D eigenvalue weighted by Crippen LogP contribution is 2.12. The minimum Gasteiger partial charge on any atom is -0.480 e. The maximum atomic E-state index is 13.7. The van der Waals surface area contributed by atoms with Gasteiger partial charge in [0.2, 0.25) is 5.91 Å². The molecule has 0 heterocycles. The number of carbonyl (C=O) groups excluding carboxylic acids is 2. The van der Waals surface area contributed by atoms with Crippen LogP contribution in [0, 0.1) is 12.7 Å². The van der Waals surface area contributed by atoms with Crippen LogP contribution in [0.5, 0.6) is 0 Å². The number of aliphatic carboxylic acids is 1. The maximum Gasteiger partial charge on any atom is 0.326 e. The first-order chi connectivity index (χ1) is 8.82. The molecule has 4 N–H and O–H groups in total. The lowest BCUT2D eigenvalue weighted by Gasteiger charge is -2.13. The molecule has 0 aromatic heterocycles. The Bertz CT molecular complexity index is 530. The summed E-state index contributed by atoms with van der Waals surface area (Å²) in [6.07, 6.45) is -0.561. The predicted molar refractivity (Wildman–Crippen MR) is 63.8 cm³/mol. The van der Waals surface area contributed by atoms with E-state index in [2.05, 4.69) is 5.32 Å². The van der Waals surface area contributed by atoms with Crippen molar-refractivity contribution in [3.05, 3.63) is 35.1 Å². The van der Waals surface area contributed by atoms with Gasteiger partial charge >= 0.3 is 5.97 Å². The molecule has 0 aliphatic rings. The summed E-state index contributed by atoms with van der Waals surface area (Å²) in [6.45, 7) is 1.48. The molecule has 0 saturated heterocycles. The highest BCUT2D eigenvalue weighted by atomic mass is 19.1. The van der Waals surface area contributed by atoms with Crippen LogP contribution in [-0.4, -0.2) is 28.9 Å². The molecule has 0 saturated carbocycles. The lowest BCUT2D eigenvalue weighted by atomic mass is 10.1. The third-order valence-corrected chi connectivity index (χ3v) is 2.45. The van der Waals surface area contributed by atoms with Crippen molar-refractivity contribution in [2.45, 2.75) is 19.4 Å². The fraction of sp³-hybridized carbons (Fsp3) is 0.250. The number of aryl methyl sites for hydroxylation is 1. The van der Waals surface area contributed by atoms with Gasteiger partial charge in [0, 0.05) is 0 Å². The predicted octanol–water partition coefficient (Wildman–Crippen LogP) is 0.193. The number of carboxylic acids is 1. The van der Waals surface area contributed by atoms with Gasteiger partial charge in [-0.2, -0.15) is 0 Å². The second kappa shape index (κ2) is 5.94. The van der Waals surface area contributed by atoms with Crippen LogP contribution >= 0.6 is 0 Å². The number of carboxylic acid groups (broad SMARTS) is 1. The van der Waals surface area contributed by atoms with Crippen molar-refractivity contribution in [3.63, 3.8) is 0 Å². The molecule has 1 aromatic carbocycles. The molecule has 19 heavy (non-hydrogen) atoms. The third kappa shape index (κ3) is 3.77. The zero-order valence-electron chi connectivity index (χ0n) is 10.1. The van der Waals surface area contributed by atoms with E-state index in [1.807, 2.05) is 0 Å². The quantitative estimate of drug-likeness (QED) is 0.708. The number of hydrogen-bond donors (Lipinski definition) is 3. The largest absolute Gasteiger partial charge is 0.480 e. The summed E-state index contributed by atoms with van der Waals surface area (Å²) in [5.41, 5.74) is 4.85. The average Bonchev–Trinajstić information content (AvgIpc) is 2.31. The Balaban J connectivity index is 2.91. The van der Waals surface area contributed by atoms with Gasteiger partial charge in [0.05, 0.1) is 12.0 Å². The summed E-state index contributed by atoms with van der Waals surface area (Å²) in [4.78, 5) is 33.3. The van der Waals surface area contributed by atoms with Crippen LogP contribution in [0.3, 0.4) is 0 Å². The molecule has 0 aliphatic heterocycles. The smallest absolute Gasteiger partial charge is 0.326 e. The van der Waals surface area contributed by atoms with E-state index < -0.39 is 36.1 Å². The van der Waals surface area contributed by atoms with E-state index >= 15 is 0 Å².